The van der Waals surface area contributed by atoms with Gasteiger partial charge in [0.15, 0.2) is 9.84 Å². The fourth-order valence-electron chi connectivity index (χ4n) is 3.02. The molecule has 1 aliphatic rings. The lowest BCUT2D eigenvalue weighted by molar-refractivity contribution is 0.491. The van der Waals surface area contributed by atoms with Gasteiger partial charge in [-0.25, -0.2) is 21.6 Å². The highest BCUT2D eigenvalue weighted by Crippen LogP contribution is 2.24. The maximum atomic E-state index is 12.7. The quantitative estimate of drug-likeness (QED) is 0.815. The lowest BCUT2D eigenvalue weighted by Crippen LogP contribution is -2.39. The molecule has 1 atom stereocenters. The zero-order valence-electron chi connectivity index (χ0n) is 13.8. The summed E-state index contributed by atoms with van der Waals surface area (Å²) in [6.45, 7) is 0.917. The third-order valence-corrected chi connectivity index (χ3v) is 7.00. The molecule has 8 heteroatoms. The smallest absolute Gasteiger partial charge is 0.241 e. The maximum absolute atomic E-state index is 12.7. The first-order valence-corrected chi connectivity index (χ1v) is 11.3. The highest BCUT2D eigenvalue weighted by Gasteiger charge is 2.26. The normalized spacial score (nSPS) is 17.9. The van der Waals surface area contributed by atoms with Gasteiger partial charge in [0.25, 0.3) is 0 Å². The summed E-state index contributed by atoms with van der Waals surface area (Å²) in [5.74, 6) is 0. The highest BCUT2D eigenvalue weighted by atomic mass is 32.2. The van der Waals surface area contributed by atoms with Crippen molar-refractivity contribution in [3.05, 3.63) is 59.7 Å². The highest BCUT2D eigenvalue weighted by molar-refractivity contribution is 7.93. The summed E-state index contributed by atoms with van der Waals surface area (Å²) in [5, 5.41) is 3.30. The molecular weight excluding hydrogens is 360 g/mol. The molecule has 1 heterocycles. The molecule has 25 heavy (non-hydrogen) atoms. The molecule has 0 amide bonds. The maximum Gasteiger partial charge on any atom is 0.241 e. The molecule has 0 saturated carbocycles. The number of hydrogen-bond donors (Lipinski definition) is 2. The minimum Gasteiger partial charge on any atom is -0.308 e. The van der Waals surface area contributed by atoms with Gasteiger partial charge in [0.05, 0.1) is 4.90 Å². The third-order valence-electron chi connectivity index (χ3n) is 4.23. The van der Waals surface area contributed by atoms with Gasteiger partial charge in [-0.1, -0.05) is 36.4 Å². The zero-order valence-corrected chi connectivity index (χ0v) is 15.4. The number of sulfone groups is 1. The van der Waals surface area contributed by atoms with Gasteiger partial charge >= 0.3 is 0 Å². The summed E-state index contributed by atoms with van der Waals surface area (Å²) in [7, 11) is -7.59. The van der Waals surface area contributed by atoms with Crippen molar-refractivity contribution in [2.24, 2.45) is 0 Å². The number of sulfonamides is 1. The average molecular weight is 380 g/mol. The van der Waals surface area contributed by atoms with E-state index in [-0.39, 0.29) is 22.4 Å². The van der Waals surface area contributed by atoms with Gasteiger partial charge in [0.1, 0.15) is 4.90 Å². The Bertz CT molecular complexity index is 985. The van der Waals surface area contributed by atoms with Gasteiger partial charge in [0, 0.05) is 18.8 Å². The van der Waals surface area contributed by atoms with Crippen LogP contribution in [0.4, 0.5) is 0 Å². The third kappa shape index (κ3) is 3.92. The molecule has 3 rings (SSSR count). The van der Waals surface area contributed by atoms with Crippen LogP contribution in [-0.4, -0.2) is 36.2 Å². The van der Waals surface area contributed by atoms with Crippen molar-refractivity contribution >= 4 is 19.9 Å². The molecule has 1 unspecified atom stereocenters. The van der Waals surface area contributed by atoms with Crippen LogP contribution in [0.1, 0.15) is 17.2 Å². The van der Waals surface area contributed by atoms with E-state index in [0.717, 1.165) is 24.8 Å². The van der Waals surface area contributed by atoms with Gasteiger partial charge in [-0.2, -0.15) is 0 Å². The van der Waals surface area contributed by atoms with Crippen LogP contribution < -0.4 is 10.0 Å². The van der Waals surface area contributed by atoms with Crippen molar-refractivity contribution in [3.63, 3.8) is 0 Å². The number of benzene rings is 2. The summed E-state index contributed by atoms with van der Waals surface area (Å²) in [6, 6.07) is 13.4. The fourth-order valence-corrected chi connectivity index (χ4v) is 5.70. The predicted molar refractivity (Wildman–Crippen MR) is 95.6 cm³/mol. The van der Waals surface area contributed by atoms with E-state index >= 15 is 0 Å². The van der Waals surface area contributed by atoms with Gasteiger partial charge in [0.2, 0.25) is 10.0 Å². The molecule has 1 aliphatic heterocycles. The van der Waals surface area contributed by atoms with Crippen molar-refractivity contribution < 1.29 is 16.8 Å². The van der Waals surface area contributed by atoms with E-state index in [1.807, 2.05) is 24.3 Å². The molecule has 0 bridgehead atoms. The van der Waals surface area contributed by atoms with Crippen LogP contribution in [0.25, 0.3) is 0 Å². The molecule has 0 saturated heterocycles. The minimum atomic E-state index is -3.95. The molecule has 0 spiro atoms. The van der Waals surface area contributed by atoms with E-state index in [1.54, 1.807) is 0 Å². The average Bonchev–Trinajstić information content (AvgIpc) is 2.59. The summed E-state index contributed by atoms with van der Waals surface area (Å²) in [6.07, 6.45) is 1.90. The van der Waals surface area contributed by atoms with Crippen LogP contribution in [0.5, 0.6) is 0 Å². The van der Waals surface area contributed by atoms with Crippen LogP contribution >= 0.6 is 0 Å². The number of nitrogens with one attached hydrogen (secondary N) is 2. The minimum absolute atomic E-state index is 0.148. The monoisotopic (exact) mass is 380 g/mol. The van der Waals surface area contributed by atoms with Crippen LogP contribution in [-0.2, 0) is 26.3 Å². The first-order chi connectivity index (χ1) is 11.8. The van der Waals surface area contributed by atoms with Crippen LogP contribution in [0.2, 0.25) is 0 Å². The molecule has 0 aromatic heterocycles. The predicted octanol–water partition coefficient (Wildman–Crippen LogP) is 1.26. The van der Waals surface area contributed by atoms with E-state index in [9.17, 15) is 16.8 Å². The van der Waals surface area contributed by atoms with E-state index in [1.165, 1.54) is 29.8 Å². The van der Waals surface area contributed by atoms with E-state index in [2.05, 4.69) is 10.0 Å². The van der Waals surface area contributed by atoms with Crippen molar-refractivity contribution in [3.8, 4) is 0 Å². The standard InChI is InChI=1S/C17H20N2O4S2/c1-24(20,21)16-8-4-5-9-17(16)25(22,23)19-12-15-14-7-3-2-6-13(14)10-11-18-15/h2-9,15,18-19H,10-12H2,1H3. The Kier molecular flexibility index (Phi) is 4.97. The molecule has 2 N–H and O–H groups in total. The number of hydrogen-bond acceptors (Lipinski definition) is 5. The number of fused-ring (bicyclic) bond motifs is 1. The van der Waals surface area contributed by atoms with E-state index < -0.39 is 19.9 Å². The van der Waals surface area contributed by atoms with Crippen molar-refractivity contribution in [1.29, 1.82) is 0 Å². The largest absolute Gasteiger partial charge is 0.308 e. The second-order valence-corrected chi connectivity index (χ2v) is 9.75. The molecule has 0 radical (unpaired) electrons. The fraction of sp³-hybridized carbons (Fsp3) is 0.294. The molecule has 0 aliphatic carbocycles. The Morgan fingerprint density at radius 1 is 1.00 bits per heavy atom. The van der Waals surface area contributed by atoms with Gasteiger partial charge in [-0.15, -0.1) is 0 Å². The summed E-state index contributed by atoms with van der Waals surface area (Å²) in [4.78, 5) is -0.416. The summed E-state index contributed by atoms with van der Waals surface area (Å²) < 4.78 is 51.6. The first-order valence-electron chi connectivity index (χ1n) is 7.89. The molecule has 2 aromatic carbocycles. The van der Waals surface area contributed by atoms with Crippen molar-refractivity contribution in [1.82, 2.24) is 10.0 Å². The second kappa shape index (κ2) is 6.87. The van der Waals surface area contributed by atoms with Gasteiger partial charge < -0.3 is 5.32 Å². The van der Waals surface area contributed by atoms with Crippen molar-refractivity contribution in [2.75, 3.05) is 19.3 Å². The van der Waals surface area contributed by atoms with Crippen LogP contribution in [0.15, 0.2) is 58.3 Å². The summed E-state index contributed by atoms with van der Waals surface area (Å²) in [5.41, 5.74) is 2.26. The lowest BCUT2D eigenvalue weighted by atomic mass is 9.95. The van der Waals surface area contributed by atoms with Crippen molar-refractivity contribution in [2.45, 2.75) is 22.3 Å². The zero-order chi connectivity index (χ0) is 18.1. The number of rotatable bonds is 5. The van der Waals surface area contributed by atoms with Crippen LogP contribution in [0.3, 0.4) is 0 Å². The SMILES string of the molecule is CS(=O)(=O)c1ccccc1S(=O)(=O)NCC1NCCc2ccccc21. The Morgan fingerprint density at radius 2 is 1.64 bits per heavy atom. The molecule has 2 aromatic rings. The molecule has 134 valence electrons. The summed E-state index contributed by atoms with van der Waals surface area (Å²) >= 11 is 0. The lowest BCUT2D eigenvalue weighted by Gasteiger charge is -2.27. The van der Waals surface area contributed by atoms with Gasteiger partial charge in [-0.05, 0) is 36.2 Å². The Balaban J connectivity index is 1.85. The van der Waals surface area contributed by atoms with E-state index in [4.69, 9.17) is 0 Å². The Hall–Kier alpha value is -1.74. The molecule has 0 fully saturated rings. The molecule has 6 nitrogen and oxygen atoms in total. The first kappa shape index (κ1) is 18.1. The Morgan fingerprint density at radius 3 is 2.36 bits per heavy atom. The second-order valence-electron chi connectivity index (χ2n) is 6.03. The van der Waals surface area contributed by atoms with Crippen LogP contribution in [0, 0.1) is 0 Å². The topological polar surface area (TPSA) is 92.3 Å². The van der Waals surface area contributed by atoms with E-state index in [0.29, 0.717) is 0 Å². The molecular formula is C17H20N2O4S2. The Labute approximate surface area is 148 Å². The van der Waals surface area contributed by atoms with Gasteiger partial charge in [-0.3, -0.25) is 0 Å².